The summed E-state index contributed by atoms with van der Waals surface area (Å²) in [5, 5.41) is 21.2. The van der Waals surface area contributed by atoms with Gasteiger partial charge >= 0.3 is 11.9 Å². The van der Waals surface area contributed by atoms with Crippen molar-refractivity contribution >= 4 is 11.9 Å². The van der Waals surface area contributed by atoms with Crippen molar-refractivity contribution < 1.29 is 29.3 Å². The van der Waals surface area contributed by atoms with Crippen molar-refractivity contribution in [1.29, 1.82) is 0 Å². The van der Waals surface area contributed by atoms with Crippen LogP contribution >= 0.6 is 0 Å². The molecule has 0 saturated heterocycles. The fourth-order valence-corrected chi connectivity index (χ4v) is 9.18. The van der Waals surface area contributed by atoms with Gasteiger partial charge < -0.3 is 19.7 Å². The maximum absolute atomic E-state index is 12.7. The van der Waals surface area contributed by atoms with Gasteiger partial charge in [0.1, 0.15) is 12.2 Å². The smallest absolute Gasteiger partial charge is 0.306 e. The lowest BCUT2D eigenvalue weighted by Crippen LogP contribution is -2.64. The summed E-state index contributed by atoms with van der Waals surface area (Å²) >= 11 is 0. The molecule has 0 aromatic carbocycles. The van der Waals surface area contributed by atoms with Gasteiger partial charge in [-0.3, -0.25) is 9.59 Å². The largest absolute Gasteiger partial charge is 0.458 e. The van der Waals surface area contributed by atoms with Gasteiger partial charge in [0.2, 0.25) is 0 Å². The number of ether oxygens (including phenoxy) is 2. The van der Waals surface area contributed by atoms with E-state index < -0.39 is 17.8 Å². The Kier molecular flexibility index (Phi) is 6.22. The van der Waals surface area contributed by atoms with Crippen molar-refractivity contribution in [3.63, 3.8) is 0 Å². The highest BCUT2D eigenvalue weighted by molar-refractivity contribution is 5.70. The molecule has 6 heteroatoms. The molecule has 0 aromatic heterocycles. The molecule has 2 N–H and O–H groups in total. The third-order valence-electron chi connectivity index (χ3n) is 10.2. The molecule has 33 heavy (non-hydrogen) atoms. The SMILES string of the molecule is CC(=O)OC1C(OC(=O)CC(C)C)CC2(C)C3CCC4CC3(CCC2C1(C)C)CC4(O)CO. The Bertz CT molecular complexity index is 791. The highest BCUT2D eigenvalue weighted by atomic mass is 16.6. The second-order valence-electron chi connectivity index (χ2n) is 13.1. The first-order valence-electron chi connectivity index (χ1n) is 13.0. The molecule has 0 aliphatic heterocycles. The Morgan fingerprint density at radius 2 is 1.73 bits per heavy atom. The number of carbonyl (C=O) groups is 2. The molecule has 2 bridgehead atoms. The summed E-state index contributed by atoms with van der Waals surface area (Å²) in [6.45, 7) is 12.0. The summed E-state index contributed by atoms with van der Waals surface area (Å²) in [4.78, 5) is 24.8. The minimum atomic E-state index is -0.967. The average Bonchev–Trinajstić information content (AvgIpc) is 2.89. The maximum Gasteiger partial charge on any atom is 0.306 e. The molecule has 0 radical (unpaired) electrons. The van der Waals surface area contributed by atoms with E-state index >= 15 is 0 Å². The van der Waals surface area contributed by atoms with Crippen molar-refractivity contribution in [2.45, 2.75) is 111 Å². The Morgan fingerprint density at radius 3 is 2.33 bits per heavy atom. The first-order valence-corrected chi connectivity index (χ1v) is 13.0. The fraction of sp³-hybridized carbons (Fsp3) is 0.926. The van der Waals surface area contributed by atoms with Gasteiger partial charge in [0.25, 0.3) is 0 Å². The van der Waals surface area contributed by atoms with Crippen molar-refractivity contribution in [2.24, 2.45) is 39.9 Å². The number of aliphatic hydroxyl groups is 2. The summed E-state index contributed by atoms with van der Waals surface area (Å²) in [6.07, 6.45) is 5.72. The van der Waals surface area contributed by atoms with Crippen LogP contribution < -0.4 is 0 Å². The van der Waals surface area contributed by atoms with Crippen LogP contribution in [0.4, 0.5) is 0 Å². The van der Waals surface area contributed by atoms with Gasteiger partial charge in [-0.05, 0) is 79.4 Å². The second kappa shape index (κ2) is 8.22. The second-order valence-corrected chi connectivity index (χ2v) is 13.1. The van der Waals surface area contributed by atoms with Crippen LogP contribution in [0.3, 0.4) is 0 Å². The van der Waals surface area contributed by atoms with E-state index in [1.54, 1.807) is 0 Å². The Hall–Kier alpha value is -1.14. The van der Waals surface area contributed by atoms with Gasteiger partial charge in [0, 0.05) is 18.8 Å². The lowest BCUT2D eigenvalue weighted by Gasteiger charge is -2.66. The molecule has 8 unspecified atom stereocenters. The molecule has 4 rings (SSSR count). The molecular formula is C27H44O6. The van der Waals surface area contributed by atoms with E-state index in [0.29, 0.717) is 31.1 Å². The number of hydrogen-bond donors (Lipinski definition) is 2. The third kappa shape index (κ3) is 3.93. The Labute approximate surface area is 198 Å². The zero-order valence-electron chi connectivity index (χ0n) is 21.4. The van der Waals surface area contributed by atoms with E-state index in [0.717, 1.165) is 32.1 Å². The van der Waals surface area contributed by atoms with Crippen molar-refractivity contribution in [3.8, 4) is 0 Å². The predicted octanol–water partition coefficient (Wildman–Crippen LogP) is 4.25. The third-order valence-corrected chi connectivity index (χ3v) is 10.2. The molecule has 4 aliphatic rings. The van der Waals surface area contributed by atoms with E-state index in [1.165, 1.54) is 6.92 Å². The monoisotopic (exact) mass is 464 g/mol. The molecule has 8 atom stereocenters. The summed E-state index contributed by atoms with van der Waals surface area (Å²) in [5.74, 6) is 0.526. The summed E-state index contributed by atoms with van der Waals surface area (Å²) in [7, 11) is 0. The average molecular weight is 465 g/mol. The first kappa shape index (κ1) is 25.0. The van der Waals surface area contributed by atoms with Gasteiger partial charge in [-0.15, -0.1) is 0 Å². The minimum Gasteiger partial charge on any atom is -0.458 e. The van der Waals surface area contributed by atoms with Crippen LogP contribution in [0.1, 0.15) is 92.9 Å². The standard InChI is InChI=1S/C27H44O6/c1-16(2)11-22(30)33-19-13-25(6)20(24(4,5)23(19)32-17(3)29)9-10-26-12-18(7-8-21(25)26)27(31,14-26)15-28/h16,18-21,23,28,31H,7-15H2,1-6H3. The molecule has 6 nitrogen and oxygen atoms in total. The molecular weight excluding hydrogens is 420 g/mol. The van der Waals surface area contributed by atoms with Crippen LogP contribution in [-0.2, 0) is 19.1 Å². The molecule has 1 spiro atoms. The van der Waals surface area contributed by atoms with E-state index in [1.807, 2.05) is 13.8 Å². The number of hydrogen-bond acceptors (Lipinski definition) is 6. The van der Waals surface area contributed by atoms with Crippen molar-refractivity contribution in [1.82, 2.24) is 0 Å². The molecule has 0 aromatic rings. The number of carbonyl (C=O) groups excluding carboxylic acids is 2. The lowest BCUT2D eigenvalue weighted by molar-refractivity contribution is -0.236. The zero-order chi connectivity index (χ0) is 24.4. The maximum atomic E-state index is 12.7. The van der Waals surface area contributed by atoms with E-state index in [9.17, 15) is 19.8 Å². The summed E-state index contributed by atoms with van der Waals surface area (Å²) in [5.41, 5.74) is -1.37. The molecule has 4 saturated carbocycles. The molecule has 188 valence electrons. The lowest BCUT2D eigenvalue weighted by atomic mass is 9.40. The van der Waals surface area contributed by atoms with Crippen molar-refractivity contribution in [2.75, 3.05) is 6.61 Å². The normalized spacial score (nSPS) is 45.8. The highest BCUT2D eigenvalue weighted by Crippen LogP contribution is 2.73. The number of rotatable bonds is 5. The topological polar surface area (TPSA) is 93.1 Å². The molecule has 0 amide bonds. The number of fused-ring (bicyclic) bond motifs is 3. The Balaban J connectivity index is 1.69. The van der Waals surface area contributed by atoms with Crippen LogP contribution in [0.5, 0.6) is 0 Å². The molecule has 4 aliphatic carbocycles. The van der Waals surface area contributed by atoms with Gasteiger partial charge in [-0.25, -0.2) is 0 Å². The van der Waals surface area contributed by atoms with Gasteiger partial charge in [0.05, 0.1) is 12.2 Å². The van der Waals surface area contributed by atoms with Crippen LogP contribution in [0.25, 0.3) is 0 Å². The first-order chi connectivity index (χ1) is 15.3. The van der Waals surface area contributed by atoms with E-state index in [2.05, 4.69) is 20.8 Å². The van der Waals surface area contributed by atoms with E-state index in [-0.39, 0.29) is 46.6 Å². The minimum absolute atomic E-state index is 0.0302. The molecule has 0 heterocycles. The van der Waals surface area contributed by atoms with E-state index in [4.69, 9.17) is 9.47 Å². The van der Waals surface area contributed by atoms with Gasteiger partial charge in [-0.2, -0.15) is 0 Å². The number of esters is 2. The fourth-order valence-electron chi connectivity index (χ4n) is 9.18. The van der Waals surface area contributed by atoms with Crippen molar-refractivity contribution in [3.05, 3.63) is 0 Å². The Morgan fingerprint density at radius 1 is 1.03 bits per heavy atom. The van der Waals surface area contributed by atoms with Crippen LogP contribution in [-0.4, -0.2) is 46.6 Å². The predicted molar refractivity (Wildman–Crippen MR) is 124 cm³/mol. The van der Waals surface area contributed by atoms with Crippen LogP contribution in [0.2, 0.25) is 0 Å². The molecule has 4 fully saturated rings. The quantitative estimate of drug-likeness (QED) is 0.591. The summed E-state index contributed by atoms with van der Waals surface area (Å²) < 4.78 is 12.0. The van der Waals surface area contributed by atoms with Crippen LogP contribution in [0, 0.1) is 39.9 Å². The van der Waals surface area contributed by atoms with Crippen LogP contribution in [0.15, 0.2) is 0 Å². The van der Waals surface area contributed by atoms with Gasteiger partial charge in [-0.1, -0.05) is 34.6 Å². The van der Waals surface area contributed by atoms with Gasteiger partial charge in [0.15, 0.2) is 0 Å². The highest BCUT2D eigenvalue weighted by Gasteiger charge is 2.69. The zero-order valence-corrected chi connectivity index (χ0v) is 21.4. The number of aliphatic hydroxyl groups excluding tert-OH is 1. The summed E-state index contributed by atoms with van der Waals surface area (Å²) in [6, 6.07) is 0.